The predicted molar refractivity (Wildman–Crippen MR) is 84.5 cm³/mol. The molecule has 0 radical (unpaired) electrons. The number of benzene rings is 1. The maximum absolute atomic E-state index is 11.5. The lowest BCUT2D eigenvalue weighted by Crippen LogP contribution is -2.20. The molecular weight excluding hydrogens is 272 g/mol. The summed E-state index contributed by atoms with van der Waals surface area (Å²) in [6.07, 6.45) is 4.43. The van der Waals surface area contributed by atoms with Crippen LogP contribution in [0.2, 0.25) is 0 Å². The van der Waals surface area contributed by atoms with Gasteiger partial charge in [-0.05, 0) is 49.9 Å². The zero-order valence-electron chi connectivity index (χ0n) is 12.9. The molecule has 3 N–H and O–H groups in total. The molecule has 1 unspecified atom stereocenters. The van der Waals surface area contributed by atoms with E-state index in [0.717, 1.165) is 36.1 Å². The van der Waals surface area contributed by atoms with Gasteiger partial charge in [0.2, 0.25) is 10.0 Å². The summed E-state index contributed by atoms with van der Waals surface area (Å²) in [5.74, 6) is 0. The van der Waals surface area contributed by atoms with Crippen molar-refractivity contribution in [2.45, 2.75) is 64.3 Å². The lowest BCUT2D eigenvalue weighted by Gasteiger charge is -2.21. The van der Waals surface area contributed by atoms with E-state index in [1.54, 1.807) is 12.1 Å². The van der Waals surface area contributed by atoms with Gasteiger partial charge in [-0.3, -0.25) is 0 Å². The highest BCUT2D eigenvalue weighted by molar-refractivity contribution is 7.89. The van der Waals surface area contributed by atoms with Gasteiger partial charge in [0.15, 0.2) is 0 Å². The van der Waals surface area contributed by atoms with Crippen molar-refractivity contribution in [3.63, 3.8) is 0 Å². The van der Waals surface area contributed by atoms with Crippen molar-refractivity contribution in [1.82, 2.24) is 0 Å². The second-order valence-electron chi connectivity index (χ2n) is 5.35. The molecule has 114 valence electrons. The van der Waals surface area contributed by atoms with Gasteiger partial charge in [0, 0.05) is 11.7 Å². The largest absolute Gasteiger partial charge is 0.382 e. The molecule has 0 spiro atoms. The third-order valence-corrected chi connectivity index (χ3v) is 4.62. The minimum Gasteiger partial charge on any atom is -0.382 e. The zero-order chi connectivity index (χ0) is 15.3. The van der Waals surface area contributed by atoms with Crippen LogP contribution >= 0.6 is 0 Å². The third-order valence-electron chi connectivity index (χ3n) is 3.73. The van der Waals surface area contributed by atoms with E-state index in [4.69, 9.17) is 5.14 Å². The van der Waals surface area contributed by atoms with Gasteiger partial charge in [-0.15, -0.1) is 0 Å². The fourth-order valence-corrected chi connectivity index (χ4v) is 2.81. The van der Waals surface area contributed by atoms with E-state index in [1.165, 1.54) is 6.42 Å². The van der Waals surface area contributed by atoms with Crippen molar-refractivity contribution in [2.24, 2.45) is 5.14 Å². The Morgan fingerprint density at radius 1 is 1.25 bits per heavy atom. The number of rotatable bonds is 7. The van der Waals surface area contributed by atoms with Crippen LogP contribution < -0.4 is 10.5 Å². The molecule has 20 heavy (non-hydrogen) atoms. The summed E-state index contributed by atoms with van der Waals surface area (Å²) in [5, 5.41) is 8.70. The summed E-state index contributed by atoms with van der Waals surface area (Å²) < 4.78 is 23.1. The van der Waals surface area contributed by atoms with Crippen LogP contribution in [0.3, 0.4) is 0 Å². The summed E-state index contributed by atoms with van der Waals surface area (Å²) in [4.78, 5) is 0.174. The summed E-state index contributed by atoms with van der Waals surface area (Å²) in [7, 11) is -3.66. The number of aryl methyl sites for hydroxylation is 1. The van der Waals surface area contributed by atoms with E-state index in [2.05, 4.69) is 19.2 Å². The van der Waals surface area contributed by atoms with Gasteiger partial charge in [-0.2, -0.15) is 0 Å². The standard InChI is InChI=1S/C15H26N2O2S/c1-5-7-8-13(6-2)17-15-10-14(20(16,18)19)9-11(3)12(15)4/h9-10,13,17H,5-8H2,1-4H3,(H2,16,18,19). The molecule has 4 nitrogen and oxygen atoms in total. The third kappa shape index (κ3) is 4.49. The molecule has 0 amide bonds. The first-order valence-electron chi connectivity index (χ1n) is 7.20. The topological polar surface area (TPSA) is 72.2 Å². The maximum atomic E-state index is 11.5. The number of nitrogens with one attached hydrogen (secondary N) is 1. The highest BCUT2D eigenvalue weighted by Crippen LogP contribution is 2.25. The Balaban J connectivity index is 3.07. The van der Waals surface area contributed by atoms with Gasteiger partial charge >= 0.3 is 0 Å². The van der Waals surface area contributed by atoms with Crippen molar-refractivity contribution >= 4 is 15.7 Å². The van der Waals surface area contributed by atoms with Gasteiger partial charge in [-0.25, -0.2) is 13.6 Å². The molecule has 0 saturated heterocycles. The second kappa shape index (κ2) is 7.09. The smallest absolute Gasteiger partial charge is 0.238 e. The molecule has 1 aromatic carbocycles. The quantitative estimate of drug-likeness (QED) is 0.811. The molecule has 0 heterocycles. The number of anilines is 1. The Labute approximate surface area is 122 Å². The lowest BCUT2D eigenvalue weighted by atomic mass is 10.0. The summed E-state index contributed by atoms with van der Waals surface area (Å²) >= 11 is 0. The van der Waals surface area contributed by atoms with Crippen molar-refractivity contribution in [3.05, 3.63) is 23.3 Å². The fourth-order valence-electron chi connectivity index (χ4n) is 2.19. The van der Waals surface area contributed by atoms with Crippen LogP contribution in [0.25, 0.3) is 0 Å². The van der Waals surface area contributed by atoms with Crippen LogP contribution in [0.5, 0.6) is 0 Å². The van der Waals surface area contributed by atoms with Crippen LogP contribution in [0, 0.1) is 13.8 Å². The van der Waals surface area contributed by atoms with Gasteiger partial charge in [-0.1, -0.05) is 26.7 Å². The van der Waals surface area contributed by atoms with Crippen molar-refractivity contribution < 1.29 is 8.42 Å². The molecule has 5 heteroatoms. The van der Waals surface area contributed by atoms with Crippen LogP contribution in [-0.2, 0) is 10.0 Å². The van der Waals surface area contributed by atoms with E-state index < -0.39 is 10.0 Å². The first-order chi connectivity index (χ1) is 9.29. The molecule has 1 rings (SSSR count). The van der Waals surface area contributed by atoms with Crippen LogP contribution in [0.15, 0.2) is 17.0 Å². The highest BCUT2D eigenvalue weighted by Gasteiger charge is 2.14. The van der Waals surface area contributed by atoms with Gasteiger partial charge in [0.05, 0.1) is 4.90 Å². The lowest BCUT2D eigenvalue weighted by molar-refractivity contribution is 0.591. The first kappa shape index (κ1) is 17.0. The van der Waals surface area contributed by atoms with Gasteiger partial charge in [0.1, 0.15) is 0 Å². The minimum absolute atomic E-state index is 0.174. The van der Waals surface area contributed by atoms with Crippen molar-refractivity contribution in [2.75, 3.05) is 5.32 Å². The molecule has 0 aliphatic rings. The van der Waals surface area contributed by atoms with Gasteiger partial charge in [0.25, 0.3) is 0 Å². The SMILES string of the molecule is CCCCC(CC)Nc1cc(S(N)(=O)=O)cc(C)c1C. The Morgan fingerprint density at radius 3 is 2.40 bits per heavy atom. The molecule has 0 saturated carbocycles. The highest BCUT2D eigenvalue weighted by atomic mass is 32.2. The Hall–Kier alpha value is -1.07. The predicted octanol–water partition coefficient (Wildman–Crippen LogP) is 3.33. The van der Waals surface area contributed by atoms with E-state index in [1.807, 2.05) is 13.8 Å². The summed E-state index contributed by atoms with van der Waals surface area (Å²) in [6.45, 7) is 8.21. The average Bonchev–Trinajstić information content (AvgIpc) is 2.37. The summed E-state index contributed by atoms with van der Waals surface area (Å²) in [5.41, 5.74) is 2.88. The number of sulfonamides is 1. The normalized spacial score (nSPS) is 13.2. The van der Waals surface area contributed by atoms with Crippen molar-refractivity contribution in [1.29, 1.82) is 0 Å². The second-order valence-corrected chi connectivity index (χ2v) is 6.91. The fraction of sp³-hybridized carbons (Fsp3) is 0.600. The molecular formula is C15H26N2O2S. The summed E-state index contributed by atoms with van der Waals surface area (Å²) in [6, 6.07) is 3.64. The molecule has 1 aromatic rings. The van der Waals surface area contributed by atoms with Crippen LogP contribution in [-0.4, -0.2) is 14.5 Å². The van der Waals surface area contributed by atoms with E-state index in [9.17, 15) is 8.42 Å². The molecule has 0 bridgehead atoms. The monoisotopic (exact) mass is 298 g/mol. The molecule has 0 aliphatic heterocycles. The van der Waals surface area contributed by atoms with Crippen molar-refractivity contribution in [3.8, 4) is 0 Å². The average molecular weight is 298 g/mol. The number of hydrogen-bond donors (Lipinski definition) is 2. The van der Waals surface area contributed by atoms with Crippen LogP contribution in [0.1, 0.15) is 50.7 Å². The molecule has 1 atom stereocenters. The number of unbranched alkanes of at least 4 members (excludes halogenated alkanes) is 1. The van der Waals surface area contributed by atoms with E-state index in [-0.39, 0.29) is 4.90 Å². The maximum Gasteiger partial charge on any atom is 0.238 e. The minimum atomic E-state index is -3.66. The van der Waals surface area contributed by atoms with Crippen LogP contribution in [0.4, 0.5) is 5.69 Å². The zero-order valence-corrected chi connectivity index (χ0v) is 13.7. The number of nitrogens with two attached hydrogens (primary N) is 1. The van der Waals surface area contributed by atoms with Gasteiger partial charge < -0.3 is 5.32 Å². The number of hydrogen-bond acceptors (Lipinski definition) is 3. The molecule has 0 aliphatic carbocycles. The Bertz CT molecular complexity index is 553. The molecule has 0 fully saturated rings. The molecule has 0 aromatic heterocycles. The van der Waals surface area contributed by atoms with E-state index in [0.29, 0.717) is 6.04 Å². The number of primary sulfonamides is 1. The Kier molecular flexibility index (Phi) is 6.02. The van der Waals surface area contributed by atoms with E-state index >= 15 is 0 Å². The Morgan fingerprint density at radius 2 is 1.90 bits per heavy atom. The first-order valence-corrected chi connectivity index (χ1v) is 8.74.